The fourth-order valence-electron chi connectivity index (χ4n) is 3.79. The molecule has 3 rings (SSSR count). The monoisotopic (exact) mass is 438 g/mol. The lowest BCUT2D eigenvalue weighted by Crippen LogP contribution is -2.46. The topological polar surface area (TPSA) is 84.9 Å². The van der Waals surface area contributed by atoms with Gasteiger partial charge in [0.1, 0.15) is 11.7 Å². The first-order chi connectivity index (χ1) is 14.2. The molecule has 0 radical (unpaired) electrons. The van der Waals surface area contributed by atoms with Crippen molar-refractivity contribution in [3.63, 3.8) is 0 Å². The van der Waals surface area contributed by atoms with E-state index in [4.69, 9.17) is 21.1 Å². The van der Waals surface area contributed by atoms with Crippen molar-refractivity contribution < 1.29 is 19.1 Å². The number of ether oxygens (including phenoxy) is 2. The molecule has 166 valence electrons. The maximum atomic E-state index is 12.8. The molecule has 0 saturated carbocycles. The van der Waals surface area contributed by atoms with Crippen LogP contribution in [0.1, 0.15) is 52.9 Å². The molecule has 1 atom stereocenters. The lowest BCUT2D eigenvalue weighted by molar-refractivity contribution is -0.135. The molecule has 0 aromatic carbocycles. The van der Waals surface area contributed by atoms with Crippen molar-refractivity contribution in [3.8, 4) is 6.01 Å². The molecule has 2 amide bonds. The zero-order valence-electron chi connectivity index (χ0n) is 18.0. The van der Waals surface area contributed by atoms with Gasteiger partial charge in [0.2, 0.25) is 5.91 Å². The number of nitrogens with zero attached hydrogens (tertiary/aromatic N) is 4. The quantitative estimate of drug-likeness (QED) is 0.714. The third kappa shape index (κ3) is 6.72. The van der Waals surface area contributed by atoms with Crippen molar-refractivity contribution in [2.75, 3.05) is 26.2 Å². The van der Waals surface area contributed by atoms with E-state index < -0.39 is 5.60 Å². The number of halogens is 1. The van der Waals surface area contributed by atoms with Gasteiger partial charge < -0.3 is 19.3 Å². The van der Waals surface area contributed by atoms with E-state index in [1.165, 1.54) is 12.4 Å². The first kappa shape index (κ1) is 22.6. The number of aromatic nitrogens is 2. The number of piperidine rings is 2. The van der Waals surface area contributed by atoms with Crippen LogP contribution in [0.3, 0.4) is 0 Å². The summed E-state index contributed by atoms with van der Waals surface area (Å²) < 4.78 is 11.3. The summed E-state index contributed by atoms with van der Waals surface area (Å²) in [7, 11) is 0. The Morgan fingerprint density at radius 3 is 2.40 bits per heavy atom. The summed E-state index contributed by atoms with van der Waals surface area (Å²) in [5.74, 6) is 0.438. The number of rotatable bonds is 4. The van der Waals surface area contributed by atoms with Crippen molar-refractivity contribution in [2.45, 2.75) is 64.6 Å². The second-order valence-corrected chi connectivity index (χ2v) is 9.46. The van der Waals surface area contributed by atoms with Gasteiger partial charge in [-0.2, -0.15) is 0 Å². The molecular weight excluding hydrogens is 408 g/mol. The second kappa shape index (κ2) is 9.81. The molecule has 30 heavy (non-hydrogen) atoms. The van der Waals surface area contributed by atoms with E-state index in [1.54, 1.807) is 4.90 Å². The summed E-state index contributed by atoms with van der Waals surface area (Å²) in [6.45, 7) is 8.15. The minimum absolute atomic E-state index is 0.113. The molecule has 2 aliphatic rings. The number of carbonyl (C=O) groups excluding carboxylic acids is 2. The van der Waals surface area contributed by atoms with Gasteiger partial charge in [0.05, 0.1) is 24.0 Å². The number of carbonyl (C=O) groups is 2. The van der Waals surface area contributed by atoms with E-state index >= 15 is 0 Å². The Hall–Kier alpha value is -2.09. The molecule has 3 heterocycles. The normalized spacial score (nSPS) is 20.7. The highest BCUT2D eigenvalue weighted by atomic mass is 35.5. The van der Waals surface area contributed by atoms with E-state index in [0.717, 1.165) is 32.2 Å². The van der Waals surface area contributed by atoms with Crippen LogP contribution in [-0.4, -0.2) is 69.7 Å². The Morgan fingerprint density at radius 1 is 1.10 bits per heavy atom. The molecule has 0 N–H and O–H groups in total. The Kier molecular flexibility index (Phi) is 7.39. The molecule has 2 aliphatic heterocycles. The number of amides is 2. The fraction of sp³-hybridized carbons (Fsp3) is 0.714. The Labute approximate surface area is 182 Å². The van der Waals surface area contributed by atoms with Gasteiger partial charge in [0, 0.05) is 26.1 Å². The van der Waals surface area contributed by atoms with E-state index in [2.05, 4.69) is 9.97 Å². The van der Waals surface area contributed by atoms with E-state index in [9.17, 15) is 9.59 Å². The average Bonchev–Trinajstić information content (AvgIpc) is 2.69. The summed E-state index contributed by atoms with van der Waals surface area (Å²) in [6, 6.07) is 0.285. The summed E-state index contributed by atoms with van der Waals surface area (Å²) >= 11 is 5.80. The van der Waals surface area contributed by atoms with Crippen LogP contribution in [-0.2, 0) is 9.53 Å². The van der Waals surface area contributed by atoms with E-state index in [1.807, 2.05) is 25.7 Å². The molecule has 9 heteroatoms. The summed E-state index contributed by atoms with van der Waals surface area (Å²) in [4.78, 5) is 36.8. The largest absolute Gasteiger partial charge is 0.458 e. The Morgan fingerprint density at radius 2 is 1.77 bits per heavy atom. The lowest BCUT2D eigenvalue weighted by atomic mass is 9.92. The zero-order valence-corrected chi connectivity index (χ0v) is 18.7. The van der Waals surface area contributed by atoms with Gasteiger partial charge in [-0.25, -0.2) is 14.8 Å². The third-order valence-corrected chi connectivity index (χ3v) is 5.52. The first-order valence-electron chi connectivity index (χ1n) is 10.6. The van der Waals surface area contributed by atoms with Gasteiger partial charge in [-0.15, -0.1) is 0 Å². The molecule has 2 fully saturated rings. The molecule has 0 bridgehead atoms. The van der Waals surface area contributed by atoms with Crippen LogP contribution in [0.15, 0.2) is 12.4 Å². The van der Waals surface area contributed by atoms with Crippen LogP contribution in [0, 0.1) is 5.92 Å². The SMILES string of the molecule is CC(C)(C)OC(=O)N1CCC(CC(=O)N2CCCC(Oc3ncc(Cl)cn3)C2)CC1. The summed E-state index contributed by atoms with van der Waals surface area (Å²) in [5, 5.41) is 0.459. The predicted molar refractivity (Wildman–Crippen MR) is 112 cm³/mol. The molecule has 2 saturated heterocycles. The summed E-state index contributed by atoms with van der Waals surface area (Å²) in [6.07, 6.45) is 6.51. The van der Waals surface area contributed by atoms with Gasteiger partial charge in [-0.05, 0) is 52.4 Å². The maximum absolute atomic E-state index is 12.8. The van der Waals surface area contributed by atoms with Gasteiger partial charge in [-0.3, -0.25) is 4.79 Å². The lowest BCUT2D eigenvalue weighted by Gasteiger charge is -2.35. The fourth-order valence-corrected chi connectivity index (χ4v) is 3.89. The van der Waals surface area contributed by atoms with Crippen LogP contribution in [0.5, 0.6) is 6.01 Å². The third-order valence-electron chi connectivity index (χ3n) is 5.33. The first-order valence-corrected chi connectivity index (χ1v) is 11.0. The van der Waals surface area contributed by atoms with Crippen molar-refractivity contribution in [1.29, 1.82) is 0 Å². The van der Waals surface area contributed by atoms with Crippen molar-refractivity contribution in [2.24, 2.45) is 5.92 Å². The second-order valence-electron chi connectivity index (χ2n) is 9.02. The van der Waals surface area contributed by atoms with Crippen LogP contribution < -0.4 is 4.74 Å². The van der Waals surface area contributed by atoms with Crippen LogP contribution in [0.4, 0.5) is 4.79 Å². The highest BCUT2D eigenvalue weighted by Gasteiger charge is 2.30. The van der Waals surface area contributed by atoms with Crippen LogP contribution >= 0.6 is 11.6 Å². The molecule has 1 unspecified atom stereocenters. The van der Waals surface area contributed by atoms with Crippen molar-refractivity contribution in [3.05, 3.63) is 17.4 Å². The number of hydrogen-bond donors (Lipinski definition) is 0. The molecule has 8 nitrogen and oxygen atoms in total. The highest BCUT2D eigenvalue weighted by Crippen LogP contribution is 2.24. The van der Waals surface area contributed by atoms with Crippen molar-refractivity contribution >= 4 is 23.6 Å². The highest BCUT2D eigenvalue weighted by molar-refractivity contribution is 6.30. The summed E-state index contributed by atoms with van der Waals surface area (Å²) in [5.41, 5.74) is -0.492. The van der Waals surface area contributed by atoms with Crippen molar-refractivity contribution in [1.82, 2.24) is 19.8 Å². The molecular formula is C21H31ClN4O4. The van der Waals surface area contributed by atoms with Gasteiger partial charge >= 0.3 is 12.1 Å². The smallest absolute Gasteiger partial charge is 0.410 e. The van der Waals surface area contributed by atoms with Gasteiger partial charge in [0.15, 0.2) is 0 Å². The standard InChI is InChI=1S/C21H31ClN4O4/c1-21(2,3)30-20(28)25-9-6-15(7-10-25)11-18(27)26-8-4-5-17(14-26)29-19-23-12-16(22)13-24-19/h12-13,15,17H,4-11,14H2,1-3H3. The average molecular weight is 439 g/mol. The van der Waals surface area contributed by atoms with E-state index in [-0.39, 0.29) is 30.0 Å². The minimum atomic E-state index is -0.492. The zero-order chi connectivity index (χ0) is 21.7. The van der Waals surface area contributed by atoms with Gasteiger partial charge in [-0.1, -0.05) is 11.6 Å². The molecule has 1 aromatic rings. The Balaban J connectivity index is 1.43. The minimum Gasteiger partial charge on any atom is -0.458 e. The predicted octanol–water partition coefficient (Wildman–Crippen LogP) is 3.54. The van der Waals surface area contributed by atoms with Gasteiger partial charge in [0.25, 0.3) is 0 Å². The van der Waals surface area contributed by atoms with E-state index in [0.29, 0.717) is 31.1 Å². The Bertz CT molecular complexity index is 730. The molecule has 1 aromatic heterocycles. The molecule has 0 spiro atoms. The van der Waals surface area contributed by atoms with Crippen LogP contribution in [0.25, 0.3) is 0 Å². The number of likely N-dealkylation sites (tertiary alicyclic amines) is 2. The van der Waals surface area contributed by atoms with Crippen LogP contribution in [0.2, 0.25) is 5.02 Å². The molecule has 0 aliphatic carbocycles. The maximum Gasteiger partial charge on any atom is 0.410 e. The number of hydrogen-bond acceptors (Lipinski definition) is 6.